The summed E-state index contributed by atoms with van der Waals surface area (Å²) in [6.45, 7) is 5.21. The molecule has 0 spiro atoms. The number of amides is 1. The molecule has 124 valence electrons. The zero-order chi connectivity index (χ0) is 16.7. The van der Waals surface area contributed by atoms with E-state index in [0.29, 0.717) is 12.3 Å². The lowest BCUT2D eigenvalue weighted by Gasteiger charge is -2.32. The summed E-state index contributed by atoms with van der Waals surface area (Å²) in [5.41, 5.74) is 1.78. The van der Waals surface area contributed by atoms with Crippen LogP contribution in [0.25, 0.3) is 5.78 Å². The van der Waals surface area contributed by atoms with Crippen LogP contribution in [0.2, 0.25) is 0 Å². The van der Waals surface area contributed by atoms with Gasteiger partial charge >= 0.3 is 0 Å². The Morgan fingerprint density at radius 1 is 1.29 bits per heavy atom. The number of rotatable bonds is 2. The minimum Gasteiger partial charge on any atom is -0.334 e. The molecule has 0 radical (unpaired) electrons. The standard InChI is InChI=1S/C16H19N7O/c1-11-8-12(2)23-16(18-11)19-14(20-23)15(24)21-6-3-4-13(9-21)22-7-5-17-10-22/h5,7-8,10,13H,3-4,6,9H2,1-2H3/t13-/m0/s1. The first kappa shape index (κ1) is 14.8. The summed E-state index contributed by atoms with van der Waals surface area (Å²) in [6.07, 6.45) is 7.51. The maximum atomic E-state index is 12.8. The van der Waals surface area contributed by atoms with Crippen LogP contribution in [0.3, 0.4) is 0 Å². The Morgan fingerprint density at radius 3 is 2.96 bits per heavy atom. The van der Waals surface area contributed by atoms with Crippen molar-refractivity contribution < 1.29 is 4.79 Å². The molecule has 24 heavy (non-hydrogen) atoms. The minimum absolute atomic E-state index is 0.137. The van der Waals surface area contributed by atoms with E-state index in [1.807, 2.05) is 31.0 Å². The second-order valence-electron chi connectivity index (χ2n) is 6.24. The van der Waals surface area contributed by atoms with E-state index < -0.39 is 0 Å². The summed E-state index contributed by atoms with van der Waals surface area (Å²) in [4.78, 5) is 27.4. The molecule has 4 rings (SSSR count). The third-order valence-electron chi connectivity index (χ3n) is 4.44. The van der Waals surface area contributed by atoms with Crippen molar-refractivity contribution in [1.29, 1.82) is 0 Å². The van der Waals surface area contributed by atoms with Crippen molar-refractivity contribution in [2.75, 3.05) is 13.1 Å². The molecular formula is C16H19N7O. The van der Waals surface area contributed by atoms with Gasteiger partial charge in [0.1, 0.15) is 0 Å². The van der Waals surface area contributed by atoms with Gasteiger partial charge in [0, 0.05) is 36.9 Å². The van der Waals surface area contributed by atoms with Gasteiger partial charge in [0.25, 0.3) is 11.7 Å². The summed E-state index contributed by atoms with van der Waals surface area (Å²) in [5.74, 6) is 0.545. The number of hydrogen-bond donors (Lipinski definition) is 0. The number of imidazole rings is 1. The van der Waals surface area contributed by atoms with Crippen molar-refractivity contribution in [3.63, 3.8) is 0 Å². The molecule has 8 nitrogen and oxygen atoms in total. The Morgan fingerprint density at radius 2 is 2.17 bits per heavy atom. The molecule has 0 aromatic carbocycles. The molecule has 8 heteroatoms. The molecule has 3 aromatic rings. The lowest BCUT2D eigenvalue weighted by Crippen LogP contribution is -2.41. The maximum Gasteiger partial charge on any atom is 0.293 e. The van der Waals surface area contributed by atoms with Crippen LogP contribution < -0.4 is 0 Å². The molecule has 1 saturated heterocycles. The van der Waals surface area contributed by atoms with E-state index in [1.54, 1.807) is 17.0 Å². The largest absolute Gasteiger partial charge is 0.334 e. The highest BCUT2D eigenvalue weighted by Gasteiger charge is 2.28. The quantitative estimate of drug-likeness (QED) is 0.712. The summed E-state index contributed by atoms with van der Waals surface area (Å²) in [5, 5.41) is 4.35. The SMILES string of the molecule is Cc1cc(C)n2nc(C(=O)N3CCC[C@H](n4ccnc4)C3)nc2n1. The fourth-order valence-corrected chi connectivity index (χ4v) is 3.27. The normalized spacial score (nSPS) is 18.2. The average Bonchev–Trinajstić information content (AvgIpc) is 3.24. The second-order valence-corrected chi connectivity index (χ2v) is 6.24. The van der Waals surface area contributed by atoms with Crippen molar-refractivity contribution in [2.45, 2.75) is 32.7 Å². The number of aryl methyl sites for hydroxylation is 2. The number of fused-ring (bicyclic) bond motifs is 1. The molecule has 0 unspecified atom stereocenters. The Hall–Kier alpha value is -2.77. The zero-order valence-electron chi connectivity index (χ0n) is 13.8. The number of carbonyl (C=O) groups is 1. The lowest BCUT2D eigenvalue weighted by atomic mass is 10.1. The minimum atomic E-state index is -0.137. The van der Waals surface area contributed by atoms with Crippen molar-refractivity contribution >= 4 is 11.7 Å². The van der Waals surface area contributed by atoms with E-state index in [0.717, 1.165) is 30.8 Å². The van der Waals surface area contributed by atoms with Gasteiger partial charge in [-0.2, -0.15) is 4.98 Å². The molecule has 0 bridgehead atoms. The topological polar surface area (TPSA) is 81.2 Å². The Labute approximate surface area is 139 Å². The molecule has 3 aromatic heterocycles. The fraction of sp³-hybridized carbons (Fsp3) is 0.438. The summed E-state index contributed by atoms with van der Waals surface area (Å²) in [6, 6.07) is 2.18. The van der Waals surface area contributed by atoms with Gasteiger partial charge in [-0.05, 0) is 32.8 Å². The second kappa shape index (κ2) is 5.70. The fourth-order valence-electron chi connectivity index (χ4n) is 3.27. The van der Waals surface area contributed by atoms with E-state index in [-0.39, 0.29) is 17.8 Å². The number of carbonyl (C=O) groups excluding carboxylic acids is 1. The van der Waals surface area contributed by atoms with Crippen molar-refractivity contribution in [3.05, 3.63) is 42.0 Å². The first-order valence-electron chi connectivity index (χ1n) is 8.09. The molecule has 1 atom stereocenters. The molecule has 0 saturated carbocycles. The van der Waals surface area contributed by atoms with Gasteiger partial charge in [-0.25, -0.2) is 14.5 Å². The van der Waals surface area contributed by atoms with Gasteiger partial charge in [0.15, 0.2) is 0 Å². The van der Waals surface area contributed by atoms with E-state index in [4.69, 9.17) is 0 Å². The summed E-state index contributed by atoms with van der Waals surface area (Å²) >= 11 is 0. The summed E-state index contributed by atoms with van der Waals surface area (Å²) < 4.78 is 3.68. The number of piperidine rings is 1. The van der Waals surface area contributed by atoms with E-state index in [1.165, 1.54) is 0 Å². The maximum absolute atomic E-state index is 12.8. The number of nitrogens with zero attached hydrogens (tertiary/aromatic N) is 7. The van der Waals surface area contributed by atoms with Crippen LogP contribution in [0.4, 0.5) is 0 Å². The predicted octanol–water partition coefficient (Wildman–Crippen LogP) is 1.41. The van der Waals surface area contributed by atoms with Gasteiger partial charge in [-0.3, -0.25) is 4.79 Å². The zero-order valence-corrected chi connectivity index (χ0v) is 13.8. The highest BCUT2D eigenvalue weighted by atomic mass is 16.2. The van der Waals surface area contributed by atoms with Crippen LogP contribution in [0.1, 0.15) is 40.9 Å². The van der Waals surface area contributed by atoms with Crippen molar-refractivity contribution in [1.82, 2.24) is 34.0 Å². The highest BCUT2D eigenvalue weighted by Crippen LogP contribution is 2.22. The number of likely N-dealkylation sites (tertiary alicyclic amines) is 1. The molecule has 1 fully saturated rings. The molecule has 0 N–H and O–H groups in total. The Bertz CT molecular complexity index is 883. The van der Waals surface area contributed by atoms with Crippen molar-refractivity contribution in [2.24, 2.45) is 0 Å². The van der Waals surface area contributed by atoms with Gasteiger partial charge in [0.2, 0.25) is 5.82 Å². The molecule has 1 amide bonds. The Kier molecular flexibility index (Phi) is 3.51. The summed E-state index contributed by atoms with van der Waals surface area (Å²) in [7, 11) is 0. The predicted molar refractivity (Wildman–Crippen MR) is 86.7 cm³/mol. The number of aromatic nitrogens is 6. The molecule has 1 aliphatic rings. The molecular weight excluding hydrogens is 306 g/mol. The molecule has 4 heterocycles. The number of hydrogen-bond acceptors (Lipinski definition) is 5. The van der Waals surface area contributed by atoms with Crippen LogP contribution in [-0.4, -0.2) is 53.0 Å². The van der Waals surface area contributed by atoms with Crippen LogP contribution in [0.15, 0.2) is 24.8 Å². The molecule has 1 aliphatic heterocycles. The third-order valence-corrected chi connectivity index (χ3v) is 4.44. The first-order valence-corrected chi connectivity index (χ1v) is 8.09. The first-order chi connectivity index (χ1) is 11.6. The lowest BCUT2D eigenvalue weighted by molar-refractivity contribution is 0.0667. The van der Waals surface area contributed by atoms with Gasteiger partial charge < -0.3 is 9.47 Å². The smallest absolute Gasteiger partial charge is 0.293 e. The van der Waals surface area contributed by atoms with Crippen LogP contribution in [0, 0.1) is 13.8 Å². The highest BCUT2D eigenvalue weighted by molar-refractivity contribution is 5.91. The van der Waals surface area contributed by atoms with Crippen LogP contribution in [-0.2, 0) is 0 Å². The molecule has 0 aliphatic carbocycles. The van der Waals surface area contributed by atoms with E-state index in [9.17, 15) is 4.79 Å². The van der Waals surface area contributed by atoms with Crippen LogP contribution >= 0.6 is 0 Å². The van der Waals surface area contributed by atoms with Crippen LogP contribution in [0.5, 0.6) is 0 Å². The van der Waals surface area contributed by atoms with Gasteiger partial charge in [-0.1, -0.05) is 0 Å². The van der Waals surface area contributed by atoms with E-state index in [2.05, 4.69) is 24.6 Å². The third kappa shape index (κ3) is 2.53. The van der Waals surface area contributed by atoms with Gasteiger partial charge in [-0.15, -0.1) is 5.10 Å². The van der Waals surface area contributed by atoms with Crippen molar-refractivity contribution in [3.8, 4) is 0 Å². The monoisotopic (exact) mass is 325 g/mol. The van der Waals surface area contributed by atoms with E-state index >= 15 is 0 Å². The average molecular weight is 325 g/mol. The Balaban J connectivity index is 1.60. The van der Waals surface area contributed by atoms with Gasteiger partial charge in [0.05, 0.1) is 12.4 Å².